The molecule has 2 rings (SSSR count). The van der Waals surface area contributed by atoms with Crippen LogP contribution in [0.4, 0.5) is 0 Å². The predicted molar refractivity (Wildman–Crippen MR) is 95.5 cm³/mol. The third-order valence-corrected chi connectivity index (χ3v) is 4.63. The lowest BCUT2D eigenvalue weighted by molar-refractivity contribution is -0.132. The van der Waals surface area contributed by atoms with E-state index in [4.69, 9.17) is 0 Å². The van der Waals surface area contributed by atoms with E-state index in [9.17, 15) is 4.79 Å². The molecule has 0 bridgehead atoms. The number of hydrogen-bond acceptors (Lipinski definition) is 3. The number of benzene rings is 1. The quantitative estimate of drug-likeness (QED) is 0.769. The minimum absolute atomic E-state index is 0.254. The highest BCUT2D eigenvalue weighted by molar-refractivity contribution is 5.78. The van der Waals surface area contributed by atoms with Crippen molar-refractivity contribution < 1.29 is 4.79 Å². The van der Waals surface area contributed by atoms with Crippen LogP contribution in [-0.2, 0) is 11.2 Å². The summed E-state index contributed by atoms with van der Waals surface area (Å²) in [4.78, 5) is 19.0. The van der Waals surface area contributed by atoms with Gasteiger partial charge in [-0.3, -0.25) is 4.79 Å². The van der Waals surface area contributed by atoms with Crippen LogP contribution in [0.25, 0.3) is 0 Å². The van der Waals surface area contributed by atoms with Crippen molar-refractivity contribution in [3.63, 3.8) is 0 Å². The number of nitrogens with zero attached hydrogens (tertiary/aromatic N) is 3. The molecule has 4 heteroatoms. The fourth-order valence-corrected chi connectivity index (χ4v) is 3.15. The largest absolute Gasteiger partial charge is 0.341 e. The van der Waals surface area contributed by atoms with Crippen LogP contribution in [0.3, 0.4) is 0 Å². The lowest BCUT2D eigenvalue weighted by Crippen LogP contribution is -2.43. The lowest BCUT2D eigenvalue weighted by Gasteiger charge is -2.33. The van der Waals surface area contributed by atoms with Crippen LogP contribution in [0.1, 0.15) is 18.4 Å². The van der Waals surface area contributed by atoms with Crippen molar-refractivity contribution in [2.24, 2.45) is 5.92 Å². The van der Waals surface area contributed by atoms with E-state index in [0.717, 1.165) is 32.6 Å². The number of carbonyl (C=O) groups excluding carboxylic acids is 1. The maximum absolute atomic E-state index is 12.6. The summed E-state index contributed by atoms with van der Waals surface area (Å²) in [5, 5.41) is 0. The fraction of sp³-hybridized carbons (Fsp3) is 0.632. The van der Waals surface area contributed by atoms with Gasteiger partial charge in [-0.2, -0.15) is 0 Å². The van der Waals surface area contributed by atoms with Crippen molar-refractivity contribution in [1.82, 2.24) is 14.7 Å². The highest BCUT2D eigenvalue weighted by atomic mass is 16.2. The molecule has 1 amide bonds. The first kappa shape index (κ1) is 18.0. The average Bonchev–Trinajstić information content (AvgIpc) is 2.53. The van der Waals surface area contributed by atoms with Gasteiger partial charge in [-0.1, -0.05) is 30.3 Å². The van der Waals surface area contributed by atoms with Gasteiger partial charge in [0.2, 0.25) is 5.91 Å². The van der Waals surface area contributed by atoms with Gasteiger partial charge in [-0.25, -0.2) is 0 Å². The molecule has 4 nitrogen and oxygen atoms in total. The summed E-state index contributed by atoms with van der Waals surface area (Å²) in [6.45, 7) is 4.54. The Morgan fingerprint density at radius 3 is 2.43 bits per heavy atom. The SMILES string of the molecule is CN(C)CC(=O)N(CCc1ccccc1)CC1CCN(C)CC1. The Labute approximate surface area is 141 Å². The van der Waals surface area contributed by atoms with E-state index < -0.39 is 0 Å². The first-order valence-electron chi connectivity index (χ1n) is 8.69. The number of carbonyl (C=O) groups is 1. The first-order chi connectivity index (χ1) is 11.0. The summed E-state index contributed by atoms with van der Waals surface area (Å²) in [5.74, 6) is 0.901. The summed E-state index contributed by atoms with van der Waals surface area (Å²) >= 11 is 0. The molecule has 0 radical (unpaired) electrons. The first-order valence-corrected chi connectivity index (χ1v) is 8.69. The van der Waals surface area contributed by atoms with Crippen molar-refractivity contribution in [3.05, 3.63) is 35.9 Å². The van der Waals surface area contributed by atoms with Gasteiger partial charge in [0.15, 0.2) is 0 Å². The van der Waals surface area contributed by atoms with Gasteiger partial charge in [0.1, 0.15) is 0 Å². The third kappa shape index (κ3) is 6.32. The number of likely N-dealkylation sites (N-methyl/N-ethyl adjacent to an activating group) is 1. The Morgan fingerprint density at radius 1 is 1.17 bits per heavy atom. The summed E-state index contributed by atoms with van der Waals surface area (Å²) < 4.78 is 0. The van der Waals surface area contributed by atoms with Gasteiger partial charge < -0.3 is 14.7 Å². The minimum atomic E-state index is 0.254. The zero-order valence-electron chi connectivity index (χ0n) is 14.9. The Bertz CT molecular complexity index is 467. The van der Waals surface area contributed by atoms with E-state index in [1.807, 2.05) is 25.1 Å². The Kier molecular flexibility index (Phi) is 7.06. The van der Waals surface area contributed by atoms with Crippen LogP contribution < -0.4 is 0 Å². The molecule has 1 aliphatic heterocycles. The molecule has 0 aliphatic carbocycles. The number of hydrogen-bond donors (Lipinski definition) is 0. The minimum Gasteiger partial charge on any atom is -0.341 e. The van der Waals surface area contributed by atoms with Gasteiger partial charge in [0, 0.05) is 13.1 Å². The Hall–Kier alpha value is -1.39. The number of piperidine rings is 1. The van der Waals surface area contributed by atoms with Gasteiger partial charge in [0.05, 0.1) is 6.54 Å². The second-order valence-corrected chi connectivity index (χ2v) is 7.06. The van der Waals surface area contributed by atoms with E-state index in [1.165, 1.54) is 18.4 Å². The molecule has 0 atom stereocenters. The molecular formula is C19H31N3O. The van der Waals surface area contributed by atoms with Crippen LogP contribution in [0.2, 0.25) is 0 Å². The van der Waals surface area contributed by atoms with Crippen LogP contribution in [0.5, 0.6) is 0 Å². The molecule has 0 spiro atoms. The molecule has 0 N–H and O–H groups in total. The molecule has 0 unspecified atom stereocenters. The van der Waals surface area contributed by atoms with Gasteiger partial charge >= 0.3 is 0 Å². The average molecular weight is 317 g/mol. The van der Waals surface area contributed by atoms with Crippen molar-refractivity contribution in [2.75, 3.05) is 53.9 Å². The molecule has 1 saturated heterocycles. The van der Waals surface area contributed by atoms with Gasteiger partial charge in [0.25, 0.3) is 0 Å². The molecule has 1 aromatic carbocycles. The Balaban J connectivity index is 1.92. The summed E-state index contributed by atoms with van der Waals surface area (Å²) in [7, 11) is 6.10. The molecule has 1 fully saturated rings. The molecular weight excluding hydrogens is 286 g/mol. The van der Waals surface area contributed by atoms with Crippen molar-refractivity contribution in [1.29, 1.82) is 0 Å². The van der Waals surface area contributed by atoms with E-state index in [0.29, 0.717) is 12.5 Å². The predicted octanol–water partition coefficient (Wildman–Crippen LogP) is 1.96. The second-order valence-electron chi connectivity index (χ2n) is 7.06. The maximum atomic E-state index is 12.6. The van der Waals surface area contributed by atoms with Crippen molar-refractivity contribution >= 4 is 5.91 Å². The van der Waals surface area contributed by atoms with Crippen LogP contribution >= 0.6 is 0 Å². The molecule has 1 aliphatic rings. The van der Waals surface area contributed by atoms with Crippen LogP contribution in [-0.4, -0.2) is 74.5 Å². The highest BCUT2D eigenvalue weighted by Crippen LogP contribution is 2.18. The van der Waals surface area contributed by atoms with E-state index in [2.05, 4.69) is 41.1 Å². The Morgan fingerprint density at radius 2 is 1.83 bits per heavy atom. The van der Waals surface area contributed by atoms with E-state index in [1.54, 1.807) is 0 Å². The summed E-state index contributed by atoms with van der Waals surface area (Å²) in [6, 6.07) is 10.5. The van der Waals surface area contributed by atoms with Crippen molar-refractivity contribution in [2.45, 2.75) is 19.3 Å². The maximum Gasteiger partial charge on any atom is 0.236 e. The zero-order chi connectivity index (χ0) is 16.7. The second kappa shape index (κ2) is 9.04. The number of rotatable bonds is 7. The number of likely N-dealkylation sites (tertiary alicyclic amines) is 1. The van der Waals surface area contributed by atoms with E-state index >= 15 is 0 Å². The monoisotopic (exact) mass is 317 g/mol. The highest BCUT2D eigenvalue weighted by Gasteiger charge is 2.22. The zero-order valence-corrected chi connectivity index (χ0v) is 14.9. The van der Waals surface area contributed by atoms with Crippen LogP contribution in [0.15, 0.2) is 30.3 Å². The van der Waals surface area contributed by atoms with Crippen molar-refractivity contribution in [3.8, 4) is 0 Å². The lowest BCUT2D eigenvalue weighted by atomic mass is 9.96. The van der Waals surface area contributed by atoms with Crippen LogP contribution in [0, 0.1) is 5.92 Å². The molecule has 1 aromatic rings. The topological polar surface area (TPSA) is 26.8 Å². The van der Waals surface area contributed by atoms with E-state index in [-0.39, 0.29) is 5.91 Å². The molecule has 0 aromatic heterocycles. The fourth-order valence-electron chi connectivity index (χ4n) is 3.15. The molecule has 0 saturated carbocycles. The summed E-state index contributed by atoms with van der Waals surface area (Å²) in [5.41, 5.74) is 1.30. The molecule has 128 valence electrons. The molecule has 23 heavy (non-hydrogen) atoms. The molecule has 1 heterocycles. The normalized spacial score (nSPS) is 16.7. The standard InChI is InChI=1S/C19H31N3O/c1-20(2)16-19(23)22(14-11-17-7-5-4-6-8-17)15-18-9-12-21(3)13-10-18/h4-8,18H,9-16H2,1-3H3. The van der Waals surface area contributed by atoms with Gasteiger partial charge in [-0.05, 0) is 65.0 Å². The summed E-state index contributed by atoms with van der Waals surface area (Å²) in [6.07, 6.45) is 3.34. The van der Waals surface area contributed by atoms with Gasteiger partial charge in [-0.15, -0.1) is 0 Å². The third-order valence-electron chi connectivity index (χ3n) is 4.63. The smallest absolute Gasteiger partial charge is 0.236 e. The number of amides is 1.